The summed E-state index contributed by atoms with van der Waals surface area (Å²) in [7, 11) is -3.74. The van der Waals surface area contributed by atoms with Crippen molar-refractivity contribution in [3.63, 3.8) is 0 Å². The van der Waals surface area contributed by atoms with Crippen LogP contribution in [-0.2, 0) is 10.0 Å². The van der Waals surface area contributed by atoms with Crippen molar-refractivity contribution in [2.45, 2.75) is 18.7 Å². The van der Waals surface area contributed by atoms with Gasteiger partial charge in [-0.25, -0.2) is 17.9 Å². The molecular weight excluding hydrogens is 273 g/mol. The summed E-state index contributed by atoms with van der Waals surface area (Å²) in [6.07, 6.45) is 0. The Kier molecular flexibility index (Phi) is 5.25. The quantitative estimate of drug-likeness (QED) is 0.859. The van der Waals surface area contributed by atoms with Gasteiger partial charge in [0.2, 0.25) is 10.0 Å². The molecule has 0 amide bonds. The van der Waals surface area contributed by atoms with Crippen molar-refractivity contribution >= 4 is 26.0 Å². The molecule has 0 saturated heterocycles. The van der Waals surface area contributed by atoms with Gasteiger partial charge in [0.1, 0.15) is 5.82 Å². The van der Waals surface area contributed by atoms with Crippen molar-refractivity contribution in [1.29, 1.82) is 0 Å². The van der Waals surface area contributed by atoms with Crippen molar-refractivity contribution in [3.8, 4) is 0 Å². The Morgan fingerprint density at radius 3 is 2.21 bits per heavy atom. The zero-order valence-electron chi connectivity index (χ0n) is 7.79. The summed E-state index contributed by atoms with van der Waals surface area (Å²) < 4.78 is 34.1. The van der Waals surface area contributed by atoms with Gasteiger partial charge in [-0.15, -0.1) is 0 Å². The summed E-state index contributed by atoms with van der Waals surface area (Å²) in [6, 6.07) is 3.25. The first-order valence-electron chi connectivity index (χ1n) is 3.89. The molecule has 80 valence electrons. The molecule has 0 unspecified atom stereocenters. The molecule has 0 aromatic heterocycles. The fourth-order valence-electron chi connectivity index (χ4n) is 0.654. The average molecular weight is 284 g/mol. The van der Waals surface area contributed by atoms with Crippen LogP contribution in [0.5, 0.6) is 0 Å². The van der Waals surface area contributed by atoms with E-state index in [-0.39, 0.29) is 9.37 Å². The molecule has 0 spiro atoms. The van der Waals surface area contributed by atoms with Crippen LogP contribution in [0, 0.1) is 5.82 Å². The third kappa shape index (κ3) is 3.73. The highest BCUT2D eigenvalue weighted by Crippen LogP contribution is 2.18. The fraction of sp³-hybridized carbons (Fsp3) is 0.250. The van der Waals surface area contributed by atoms with E-state index in [2.05, 4.69) is 15.9 Å². The van der Waals surface area contributed by atoms with E-state index in [1.54, 1.807) is 0 Å². The molecule has 0 radical (unpaired) electrons. The van der Waals surface area contributed by atoms with Gasteiger partial charge in [-0.3, -0.25) is 0 Å². The predicted molar refractivity (Wildman–Crippen MR) is 56.8 cm³/mol. The Hall–Kier alpha value is -0.460. The van der Waals surface area contributed by atoms with Gasteiger partial charge in [-0.05, 0) is 34.1 Å². The third-order valence-electron chi connectivity index (χ3n) is 1.22. The maximum atomic E-state index is 12.6. The van der Waals surface area contributed by atoms with Crippen molar-refractivity contribution in [3.05, 3.63) is 28.5 Å². The molecule has 0 atom stereocenters. The minimum absolute atomic E-state index is 0.0778. The second-order valence-electron chi connectivity index (χ2n) is 2.12. The molecule has 0 aliphatic heterocycles. The zero-order valence-corrected chi connectivity index (χ0v) is 10.2. The summed E-state index contributed by atoms with van der Waals surface area (Å²) in [6.45, 7) is 4.00. The molecule has 0 fully saturated rings. The fourth-order valence-corrected chi connectivity index (χ4v) is 1.72. The molecule has 1 aromatic carbocycles. The van der Waals surface area contributed by atoms with Crippen LogP contribution in [0.25, 0.3) is 0 Å². The van der Waals surface area contributed by atoms with Gasteiger partial charge in [0.25, 0.3) is 0 Å². The van der Waals surface area contributed by atoms with E-state index in [0.717, 1.165) is 18.2 Å². The molecule has 0 bridgehead atoms. The van der Waals surface area contributed by atoms with Gasteiger partial charge in [0, 0.05) is 0 Å². The first kappa shape index (κ1) is 13.5. The van der Waals surface area contributed by atoms with Gasteiger partial charge < -0.3 is 0 Å². The maximum absolute atomic E-state index is 12.6. The Morgan fingerprint density at radius 1 is 1.36 bits per heavy atom. The van der Waals surface area contributed by atoms with Gasteiger partial charge >= 0.3 is 0 Å². The molecule has 0 aliphatic rings. The van der Waals surface area contributed by atoms with Crippen LogP contribution in [0.3, 0.4) is 0 Å². The van der Waals surface area contributed by atoms with E-state index in [0.29, 0.717) is 0 Å². The van der Waals surface area contributed by atoms with E-state index in [9.17, 15) is 12.8 Å². The Bertz CT molecular complexity index is 406. The number of nitrogens with two attached hydrogens (primary N) is 1. The first-order chi connectivity index (χ1) is 6.41. The number of benzene rings is 1. The lowest BCUT2D eigenvalue weighted by Gasteiger charge is -1.98. The van der Waals surface area contributed by atoms with Crippen LogP contribution in [0.2, 0.25) is 0 Å². The molecule has 14 heavy (non-hydrogen) atoms. The summed E-state index contributed by atoms with van der Waals surface area (Å²) in [4.78, 5) is -0.115. The molecule has 0 heterocycles. The zero-order chi connectivity index (χ0) is 11.4. The number of hydrogen-bond acceptors (Lipinski definition) is 2. The van der Waals surface area contributed by atoms with Crippen molar-refractivity contribution in [2.24, 2.45) is 5.14 Å². The van der Waals surface area contributed by atoms with Crippen LogP contribution in [0.15, 0.2) is 27.6 Å². The standard InChI is InChI=1S/C6H5BrFNO2S.C2H6/c7-5-3-4(12(9,10)11)1-2-6(5)8;1-2/h1-3H,(H2,9,10,11);1-2H3. The van der Waals surface area contributed by atoms with Gasteiger partial charge in [0.05, 0.1) is 9.37 Å². The van der Waals surface area contributed by atoms with E-state index in [1.807, 2.05) is 13.8 Å². The topological polar surface area (TPSA) is 60.2 Å². The number of sulfonamides is 1. The predicted octanol–water partition coefficient (Wildman–Crippen LogP) is 2.26. The number of rotatable bonds is 1. The van der Waals surface area contributed by atoms with Crippen LogP contribution >= 0.6 is 15.9 Å². The SMILES string of the molecule is CC.NS(=O)(=O)c1ccc(F)c(Br)c1. The molecule has 2 N–H and O–H groups in total. The lowest BCUT2D eigenvalue weighted by Crippen LogP contribution is -2.12. The van der Waals surface area contributed by atoms with Crippen molar-refractivity contribution < 1.29 is 12.8 Å². The lowest BCUT2D eigenvalue weighted by molar-refractivity contribution is 0.595. The highest BCUT2D eigenvalue weighted by atomic mass is 79.9. The van der Waals surface area contributed by atoms with Crippen molar-refractivity contribution in [1.82, 2.24) is 0 Å². The third-order valence-corrected chi connectivity index (χ3v) is 2.74. The highest BCUT2D eigenvalue weighted by molar-refractivity contribution is 9.10. The molecular formula is C8H11BrFNO2S. The van der Waals surface area contributed by atoms with E-state index in [1.165, 1.54) is 0 Å². The van der Waals surface area contributed by atoms with Crippen LogP contribution in [0.4, 0.5) is 4.39 Å². The van der Waals surface area contributed by atoms with Crippen LogP contribution < -0.4 is 5.14 Å². The molecule has 1 rings (SSSR count). The largest absolute Gasteiger partial charge is 0.238 e. The second kappa shape index (κ2) is 5.43. The normalized spacial score (nSPS) is 10.4. The molecule has 6 heteroatoms. The molecule has 0 aliphatic carbocycles. The smallest absolute Gasteiger partial charge is 0.225 e. The summed E-state index contributed by atoms with van der Waals surface area (Å²) in [5, 5.41) is 4.80. The minimum atomic E-state index is -3.74. The maximum Gasteiger partial charge on any atom is 0.238 e. The molecule has 1 aromatic rings. The van der Waals surface area contributed by atoms with Crippen molar-refractivity contribution in [2.75, 3.05) is 0 Å². The monoisotopic (exact) mass is 283 g/mol. The summed E-state index contributed by atoms with van der Waals surface area (Å²) in [5.74, 6) is -0.526. The summed E-state index contributed by atoms with van der Waals surface area (Å²) in [5.41, 5.74) is 0. The Balaban J connectivity index is 0.000000791. The van der Waals surface area contributed by atoms with Gasteiger partial charge in [-0.1, -0.05) is 13.8 Å². The number of primary sulfonamides is 1. The Labute approximate surface area is 91.3 Å². The lowest BCUT2D eigenvalue weighted by atomic mass is 10.3. The van der Waals surface area contributed by atoms with E-state index < -0.39 is 15.8 Å². The molecule has 3 nitrogen and oxygen atoms in total. The number of halogens is 2. The Morgan fingerprint density at radius 2 is 1.86 bits per heavy atom. The van der Waals surface area contributed by atoms with E-state index in [4.69, 9.17) is 5.14 Å². The second-order valence-corrected chi connectivity index (χ2v) is 4.54. The highest BCUT2D eigenvalue weighted by Gasteiger charge is 2.09. The van der Waals surface area contributed by atoms with Gasteiger partial charge in [0.15, 0.2) is 0 Å². The molecule has 0 saturated carbocycles. The van der Waals surface area contributed by atoms with E-state index >= 15 is 0 Å². The average Bonchev–Trinajstić information content (AvgIpc) is 2.11. The minimum Gasteiger partial charge on any atom is -0.225 e. The van der Waals surface area contributed by atoms with Crippen LogP contribution in [0.1, 0.15) is 13.8 Å². The van der Waals surface area contributed by atoms with Crippen LogP contribution in [-0.4, -0.2) is 8.42 Å². The number of hydrogen-bond donors (Lipinski definition) is 1. The first-order valence-corrected chi connectivity index (χ1v) is 6.23. The van der Waals surface area contributed by atoms with Gasteiger partial charge in [-0.2, -0.15) is 0 Å². The summed E-state index contributed by atoms with van der Waals surface area (Å²) >= 11 is 2.84.